The Labute approximate surface area is 112 Å². The Hall–Kier alpha value is -1.66. The van der Waals surface area contributed by atoms with Crippen molar-refractivity contribution in [1.29, 1.82) is 0 Å². The normalized spacial score (nSPS) is 13.1. The van der Waals surface area contributed by atoms with Gasteiger partial charge < -0.3 is 19.6 Å². The Kier molecular flexibility index (Phi) is 4.34. The first-order chi connectivity index (χ1) is 9.13. The molecule has 0 amide bonds. The molecule has 2 N–H and O–H groups in total. The first-order valence-corrected chi connectivity index (χ1v) is 6.52. The largest absolute Gasteiger partial charge is 0.456 e. The van der Waals surface area contributed by atoms with Crippen molar-refractivity contribution in [2.75, 3.05) is 19.6 Å². The molecule has 2 heterocycles. The molecule has 0 saturated carbocycles. The molecule has 1 unspecified atom stereocenters. The van der Waals surface area contributed by atoms with Crippen molar-refractivity contribution in [2.24, 2.45) is 5.73 Å². The van der Waals surface area contributed by atoms with Gasteiger partial charge in [0.05, 0.1) is 6.04 Å². The lowest BCUT2D eigenvalue weighted by molar-refractivity contribution is 0.278. The predicted octanol–water partition coefficient (Wildman–Crippen LogP) is 1.98. The molecule has 0 radical (unpaired) electrons. The van der Waals surface area contributed by atoms with E-state index in [1.807, 2.05) is 19.1 Å². The lowest BCUT2D eigenvalue weighted by atomic mass is 10.2. The number of nitrogens with two attached hydrogens (primary N) is 1. The second-order valence-corrected chi connectivity index (χ2v) is 4.46. The summed E-state index contributed by atoms with van der Waals surface area (Å²) in [6.45, 7) is 8.68. The summed E-state index contributed by atoms with van der Waals surface area (Å²) in [6.07, 6.45) is 0. The Morgan fingerprint density at radius 2 is 2.05 bits per heavy atom. The van der Waals surface area contributed by atoms with E-state index in [2.05, 4.69) is 28.9 Å². The fourth-order valence-electron chi connectivity index (χ4n) is 1.88. The van der Waals surface area contributed by atoms with Gasteiger partial charge in [0.15, 0.2) is 11.6 Å². The molecular formula is C13H20N4O2. The third kappa shape index (κ3) is 3.21. The van der Waals surface area contributed by atoms with Gasteiger partial charge in [-0.1, -0.05) is 19.0 Å². The third-order valence-corrected chi connectivity index (χ3v) is 3.07. The Morgan fingerprint density at radius 3 is 2.63 bits per heavy atom. The highest BCUT2D eigenvalue weighted by molar-refractivity contribution is 5.44. The molecule has 0 aromatic carbocycles. The Morgan fingerprint density at radius 1 is 1.32 bits per heavy atom. The molecule has 6 heteroatoms. The monoisotopic (exact) mass is 264 g/mol. The summed E-state index contributed by atoms with van der Waals surface area (Å²) >= 11 is 0. The van der Waals surface area contributed by atoms with Crippen molar-refractivity contribution < 1.29 is 8.94 Å². The maximum absolute atomic E-state index is 6.09. The van der Waals surface area contributed by atoms with E-state index in [0.29, 0.717) is 24.0 Å². The summed E-state index contributed by atoms with van der Waals surface area (Å²) in [7, 11) is 0. The van der Waals surface area contributed by atoms with Crippen LogP contribution in [-0.4, -0.2) is 34.7 Å². The van der Waals surface area contributed by atoms with Crippen LogP contribution in [0.2, 0.25) is 0 Å². The van der Waals surface area contributed by atoms with Crippen molar-refractivity contribution in [1.82, 2.24) is 15.0 Å². The number of nitrogens with zero attached hydrogens (tertiary/aromatic N) is 3. The first kappa shape index (κ1) is 13.8. The van der Waals surface area contributed by atoms with E-state index >= 15 is 0 Å². The van der Waals surface area contributed by atoms with Crippen LogP contribution in [-0.2, 0) is 0 Å². The second kappa shape index (κ2) is 5.99. The van der Waals surface area contributed by atoms with Gasteiger partial charge in [0.1, 0.15) is 5.76 Å². The molecule has 1 atom stereocenters. The van der Waals surface area contributed by atoms with Crippen molar-refractivity contribution >= 4 is 0 Å². The van der Waals surface area contributed by atoms with Gasteiger partial charge >= 0.3 is 0 Å². The minimum atomic E-state index is -0.256. The molecule has 19 heavy (non-hydrogen) atoms. The maximum atomic E-state index is 6.09. The molecule has 2 rings (SSSR count). The molecule has 104 valence electrons. The smallest absolute Gasteiger partial charge is 0.293 e. The van der Waals surface area contributed by atoms with Crippen molar-refractivity contribution in [3.8, 4) is 11.7 Å². The van der Waals surface area contributed by atoms with E-state index in [4.69, 9.17) is 14.7 Å². The average molecular weight is 264 g/mol. The number of hydrogen-bond donors (Lipinski definition) is 1. The quantitative estimate of drug-likeness (QED) is 0.859. The van der Waals surface area contributed by atoms with Gasteiger partial charge in [-0.15, -0.1) is 0 Å². The molecule has 2 aromatic heterocycles. The van der Waals surface area contributed by atoms with E-state index in [9.17, 15) is 0 Å². The zero-order chi connectivity index (χ0) is 13.8. The minimum Gasteiger partial charge on any atom is -0.456 e. The Balaban J connectivity index is 2.08. The van der Waals surface area contributed by atoms with Gasteiger partial charge in [0.25, 0.3) is 5.89 Å². The van der Waals surface area contributed by atoms with E-state index in [1.165, 1.54) is 0 Å². The third-order valence-electron chi connectivity index (χ3n) is 3.07. The molecule has 0 fully saturated rings. The van der Waals surface area contributed by atoms with Crippen LogP contribution in [0.4, 0.5) is 0 Å². The molecule has 0 aliphatic carbocycles. The zero-order valence-corrected chi connectivity index (χ0v) is 11.6. The summed E-state index contributed by atoms with van der Waals surface area (Å²) in [5.41, 5.74) is 6.09. The van der Waals surface area contributed by atoms with Gasteiger partial charge in [0.2, 0.25) is 0 Å². The predicted molar refractivity (Wildman–Crippen MR) is 71.5 cm³/mol. The van der Waals surface area contributed by atoms with Gasteiger partial charge in [-0.3, -0.25) is 0 Å². The fourth-order valence-corrected chi connectivity index (χ4v) is 1.88. The van der Waals surface area contributed by atoms with Crippen molar-refractivity contribution in [3.63, 3.8) is 0 Å². The summed E-state index contributed by atoms with van der Waals surface area (Å²) in [5.74, 6) is 2.27. The van der Waals surface area contributed by atoms with Crippen LogP contribution in [0.3, 0.4) is 0 Å². The lowest BCUT2D eigenvalue weighted by Crippen LogP contribution is -2.32. The van der Waals surface area contributed by atoms with Gasteiger partial charge in [0, 0.05) is 6.54 Å². The van der Waals surface area contributed by atoms with Crippen LogP contribution < -0.4 is 5.73 Å². The first-order valence-electron chi connectivity index (χ1n) is 6.52. The summed E-state index contributed by atoms with van der Waals surface area (Å²) < 4.78 is 10.6. The fraction of sp³-hybridized carbons (Fsp3) is 0.538. The van der Waals surface area contributed by atoms with E-state index in [0.717, 1.165) is 18.8 Å². The van der Waals surface area contributed by atoms with Gasteiger partial charge in [-0.2, -0.15) is 4.98 Å². The lowest BCUT2D eigenvalue weighted by Gasteiger charge is -2.20. The van der Waals surface area contributed by atoms with Gasteiger partial charge in [-0.05, 0) is 32.1 Å². The number of aromatic nitrogens is 2. The highest BCUT2D eigenvalue weighted by Crippen LogP contribution is 2.21. The number of aryl methyl sites for hydroxylation is 1. The summed E-state index contributed by atoms with van der Waals surface area (Å²) in [5, 5.41) is 3.93. The molecule has 0 saturated heterocycles. The van der Waals surface area contributed by atoms with E-state index in [1.54, 1.807) is 0 Å². The minimum absolute atomic E-state index is 0.256. The number of rotatable bonds is 6. The van der Waals surface area contributed by atoms with Crippen molar-refractivity contribution in [2.45, 2.75) is 26.8 Å². The summed E-state index contributed by atoms with van der Waals surface area (Å²) in [4.78, 5) is 6.51. The highest BCUT2D eigenvalue weighted by Gasteiger charge is 2.18. The number of furan rings is 1. The van der Waals surface area contributed by atoms with E-state index in [-0.39, 0.29) is 6.04 Å². The van der Waals surface area contributed by atoms with Crippen LogP contribution in [0.15, 0.2) is 21.1 Å². The molecule has 0 spiro atoms. The standard InChI is InChI=1S/C13H20N4O2/c1-4-17(5-2)8-10(14)12-15-13(19-16-12)11-7-6-9(3)18-11/h6-7,10H,4-5,8,14H2,1-3H3. The van der Waals surface area contributed by atoms with Crippen LogP contribution in [0.5, 0.6) is 0 Å². The average Bonchev–Trinajstić information content (AvgIpc) is 3.04. The summed E-state index contributed by atoms with van der Waals surface area (Å²) in [6, 6.07) is 3.41. The molecule has 0 aliphatic heterocycles. The number of hydrogen-bond acceptors (Lipinski definition) is 6. The van der Waals surface area contributed by atoms with Crippen LogP contribution >= 0.6 is 0 Å². The topological polar surface area (TPSA) is 81.3 Å². The van der Waals surface area contributed by atoms with E-state index < -0.39 is 0 Å². The van der Waals surface area contributed by atoms with Gasteiger partial charge in [-0.25, -0.2) is 0 Å². The van der Waals surface area contributed by atoms with Crippen LogP contribution in [0.25, 0.3) is 11.7 Å². The van der Waals surface area contributed by atoms with Crippen molar-refractivity contribution in [3.05, 3.63) is 23.7 Å². The molecule has 0 bridgehead atoms. The second-order valence-electron chi connectivity index (χ2n) is 4.46. The number of likely N-dealkylation sites (N-methyl/N-ethyl adjacent to an activating group) is 1. The maximum Gasteiger partial charge on any atom is 0.293 e. The SMILES string of the molecule is CCN(CC)CC(N)c1noc(-c2ccc(C)o2)n1. The molecular weight excluding hydrogens is 244 g/mol. The molecule has 6 nitrogen and oxygen atoms in total. The van der Waals surface area contributed by atoms with Crippen LogP contribution in [0.1, 0.15) is 31.5 Å². The Bertz CT molecular complexity index is 516. The van der Waals surface area contributed by atoms with Crippen LogP contribution in [0, 0.1) is 6.92 Å². The molecule has 0 aliphatic rings. The zero-order valence-electron chi connectivity index (χ0n) is 11.6. The highest BCUT2D eigenvalue weighted by atomic mass is 16.5. The molecule has 2 aromatic rings.